The van der Waals surface area contributed by atoms with Crippen molar-refractivity contribution < 1.29 is 19.0 Å². The van der Waals surface area contributed by atoms with Crippen molar-refractivity contribution in [1.82, 2.24) is 14.8 Å². The van der Waals surface area contributed by atoms with E-state index in [0.717, 1.165) is 77.4 Å². The fraction of sp³-hybridized carbons (Fsp3) is 0.739. The van der Waals surface area contributed by atoms with Gasteiger partial charge in [0.2, 0.25) is 5.91 Å². The molecular formula is C23H36N4O4. The molecule has 1 aromatic rings. The average molecular weight is 433 g/mol. The van der Waals surface area contributed by atoms with E-state index in [4.69, 9.17) is 14.2 Å². The van der Waals surface area contributed by atoms with E-state index in [1.165, 1.54) is 0 Å². The first kappa shape index (κ1) is 22.5. The second-order valence-corrected chi connectivity index (χ2v) is 8.82. The maximum Gasteiger partial charge on any atom is 0.248 e. The monoisotopic (exact) mass is 432 g/mol. The van der Waals surface area contributed by atoms with Crippen LogP contribution in [-0.4, -0.2) is 105 Å². The number of anilines is 1. The van der Waals surface area contributed by atoms with Gasteiger partial charge in [-0.3, -0.25) is 9.69 Å². The number of rotatable bonds is 7. The Hall–Kier alpha value is -1.74. The second-order valence-electron chi connectivity index (χ2n) is 8.82. The molecule has 0 aliphatic carbocycles. The van der Waals surface area contributed by atoms with Crippen molar-refractivity contribution in [3.63, 3.8) is 0 Å². The number of hydrogen-bond acceptors (Lipinski definition) is 7. The van der Waals surface area contributed by atoms with Gasteiger partial charge in [-0.2, -0.15) is 0 Å². The van der Waals surface area contributed by atoms with Gasteiger partial charge in [0.1, 0.15) is 12.4 Å². The van der Waals surface area contributed by atoms with E-state index in [9.17, 15) is 4.79 Å². The molecule has 172 valence electrons. The summed E-state index contributed by atoms with van der Waals surface area (Å²) in [5, 5.41) is 0. The lowest BCUT2D eigenvalue weighted by atomic mass is 9.81. The molecule has 3 fully saturated rings. The molecule has 1 aromatic heterocycles. The Morgan fingerprint density at radius 2 is 1.97 bits per heavy atom. The minimum atomic E-state index is -0.0747. The first-order valence-corrected chi connectivity index (χ1v) is 11.6. The first-order valence-electron chi connectivity index (χ1n) is 11.6. The van der Waals surface area contributed by atoms with Crippen LogP contribution >= 0.6 is 0 Å². The van der Waals surface area contributed by atoms with Crippen molar-refractivity contribution in [2.75, 3.05) is 77.7 Å². The Labute approximate surface area is 185 Å². The van der Waals surface area contributed by atoms with E-state index in [0.29, 0.717) is 19.3 Å². The van der Waals surface area contributed by atoms with Crippen molar-refractivity contribution in [2.45, 2.75) is 37.3 Å². The number of hydrogen-bond donors (Lipinski definition) is 0. The lowest BCUT2D eigenvalue weighted by Gasteiger charge is -2.49. The predicted molar refractivity (Wildman–Crippen MR) is 118 cm³/mol. The molecule has 1 atom stereocenters. The summed E-state index contributed by atoms with van der Waals surface area (Å²) in [7, 11) is 1.63. The van der Waals surface area contributed by atoms with Crippen molar-refractivity contribution in [3.8, 4) is 0 Å². The Kier molecular flexibility index (Phi) is 7.76. The molecule has 0 bridgehead atoms. The number of methoxy groups -OCH3 is 1. The van der Waals surface area contributed by atoms with Gasteiger partial charge in [0.25, 0.3) is 0 Å². The van der Waals surface area contributed by atoms with Crippen LogP contribution in [0.5, 0.6) is 0 Å². The van der Waals surface area contributed by atoms with E-state index in [2.05, 4.69) is 26.9 Å². The van der Waals surface area contributed by atoms with Crippen molar-refractivity contribution in [3.05, 3.63) is 24.4 Å². The number of nitrogens with zero attached hydrogens (tertiary/aromatic N) is 4. The summed E-state index contributed by atoms with van der Waals surface area (Å²) >= 11 is 0. The molecule has 4 rings (SSSR count). The van der Waals surface area contributed by atoms with Crippen LogP contribution in [0, 0.1) is 0 Å². The minimum Gasteiger partial charge on any atom is -0.382 e. The number of piperazine rings is 1. The highest BCUT2D eigenvalue weighted by molar-refractivity contribution is 5.77. The van der Waals surface area contributed by atoms with Gasteiger partial charge in [-0.15, -0.1) is 0 Å². The van der Waals surface area contributed by atoms with Gasteiger partial charge in [-0.05, 0) is 37.8 Å². The third-order valence-electron chi connectivity index (χ3n) is 6.96. The van der Waals surface area contributed by atoms with Gasteiger partial charge in [0.15, 0.2) is 0 Å². The zero-order chi connectivity index (χ0) is 21.5. The number of ether oxygens (including phenoxy) is 3. The third kappa shape index (κ3) is 5.74. The van der Waals surface area contributed by atoms with Crippen molar-refractivity contribution in [1.29, 1.82) is 0 Å². The Morgan fingerprint density at radius 1 is 1.16 bits per heavy atom. The van der Waals surface area contributed by atoms with E-state index < -0.39 is 0 Å². The highest BCUT2D eigenvalue weighted by atomic mass is 16.5. The van der Waals surface area contributed by atoms with E-state index in [-0.39, 0.29) is 18.1 Å². The molecule has 31 heavy (non-hydrogen) atoms. The van der Waals surface area contributed by atoms with Crippen LogP contribution in [0.15, 0.2) is 24.4 Å². The third-order valence-corrected chi connectivity index (χ3v) is 6.96. The predicted octanol–water partition coefficient (Wildman–Crippen LogP) is 1.41. The number of aromatic nitrogens is 1. The van der Waals surface area contributed by atoms with Crippen LogP contribution in [0.1, 0.15) is 25.7 Å². The van der Waals surface area contributed by atoms with E-state index in [1.807, 2.05) is 17.2 Å². The highest BCUT2D eigenvalue weighted by Gasteiger charge is 2.42. The second kappa shape index (κ2) is 10.7. The van der Waals surface area contributed by atoms with E-state index in [1.54, 1.807) is 7.11 Å². The maximum absolute atomic E-state index is 12.4. The molecule has 3 aliphatic rings. The van der Waals surface area contributed by atoms with Crippen LogP contribution in [0.3, 0.4) is 0 Å². The summed E-state index contributed by atoms with van der Waals surface area (Å²) in [5.74, 6) is 1.15. The van der Waals surface area contributed by atoms with Gasteiger partial charge >= 0.3 is 0 Å². The molecule has 8 nitrogen and oxygen atoms in total. The van der Waals surface area contributed by atoms with Gasteiger partial charge in [0.05, 0.1) is 18.8 Å². The molecule has 1 amide bonds. The molecule has 4 heterocycles. The normalized spacial score (nSPS) is 24.5. The molecule has 8 heteroatoms. The summed E-state index contributed by atoms with van der Waals surface area (Å²) in [4.78, 5) is 23.8. The molecule has 1 spiro atoms. The average Bonchev–Trinajstić information content (AvgIpc) is 2.83. The van der Waals surface area contributed by atoms with Crippen LogP contribution in [0.2, 0.25) is 0 Å². The highest BCUT2D eigenvalue weighted by Crippen LogP contribution is 2.37. The van der Waals surface area contributed by atoms with Crippen LogP contribution in [-0.2, 0) is 19.0 Å². The van der Waals surface area contributed by atoms with Gasteiger partial charge in [-0.25, -0.2) is 4.98 Å². The van der Waals surface area contributed by atoms with Crippen LogP contribution in [0.25, 0.3) is 0 Å². The fourth-order valence-corrected chi connectivity index (χ4v) is 5.08. The standard InChI is InChI=1S/C23H36N4O4/c1-29-16-17-30-19-22(28)27-9-6-23(7-10-27)18-20(5-15-31-23)25-11-13-26(14-12-25)21-4-2-3-8-24-21/h2-4,8,20H,5-7,9-19H2,1H3. The Balaban J connectivity index is 1.23. The number of pyridine rings is 1. The molecule has 0 N–H and O–H groups in total. The minimum absolute atomic E-state index is 0.0731. The summed E-state index contributed by atoms with van der Waals surface area (Å²) in [6, 6.07) is 6.68. The van der Waals surface area contributed by atoms with E-state index >= 15 is 0 Å². The summed E-state index contributed by atoms with van der Waals surface area (Å²) in [5.41, 5.74) is -0.0747. The Morgan fingerprint density at radius 3 is 2.68 bits per heavy atom. The number of carbonyl (C=O) groups is 1. The topological polar surface area (TPSA) is 67.4 Å². The van der Waals surface area contributed by atoms with Gasteiger partial charge in [-0.1, -0.05) is 6.07 Å². The van der Waals surface area contributed by atoms with Crippen LogP contribution < -0.4 is 4.90 Å². The summed E-state index contributed by atoms with van der Waals surface area (Å²) in [6.45, 7) is 7.62. The molecule has 0 saturated carbocycles. The summed E-state index contributed by atoms with van der Waals surface area (Å²) < 4.78 is 16.7. The first-order chi connectivity index (χ1) is 15.2. The molecular weight excluding hydrogens is 396 g/mol. The SMILES string of the molecule is COCCOCC(=O)N1CCC2(CC1)CC(N1CCN(c3ccccn3)CC1)CCO2. The molecule has 0 radical (unpaired) electrons. The zero-order valence-electron chi connectivity index (χ0n) is 18.7. The Bertz CT molecular complexity index is 688. The lowest BCUT2D eigenvalue weighted by molar-refractivity contribution is -0.152. The van der Waals surface area contributed by atoms with Gasteiger partial charge < -0.3 is 24.0 Å². The lowest BCUT2D eigenvalue weighted by Crippen LogP contribution is -2.57. The van der Waals surface area contributed by atoms with Gasteiger partial charge in [0, 0.05) is 65.2 Å². The number of carbonyl (C=O) groups excluding carboxylic acids is 1. The van der Waals surface area contributed by atoms with Crippen molar-refractivity contribution >= 4 is 11.7 Å². The fourth-order valence-electron chi connectivity index (χ4n) is 5.08. The molecule has 1 unspecified atom stereocenters. The van der Waals surface area contributed by atoms with Crippen LogP contribution in [0.4, 0.5) is 5.82 Å². The number of piperidine rings is 1. The molecule has 3 aliphatic heterocycles. The zero-order valence-corrected chi connectivity index (χ0v) is 18.7. The van der Waals surface area contributed by atoms with Crippen molar-refractivity contribution in [2.24, 2.45) is 0 Å². The largest absolute Gasteiger partial charge is 0.382 e. The number of likely N-dealkylation sites (tertiary alicyclic amines) is 1. The molecule has 3 saturated heterocycles. The smallest absolute Gasteiger partial charge is 0.248 e. The maximum atomic E-state index is 12.4. The summed E-state index contributed by atoms with van der Waals surface area (Å²) in [6.07, 6.45) is 5.87. The number of amides is 1. The molecule has 0 aromatic carbocycles. The quantitative estimate of drug-likeness (QED) is 0.604.